The predicted octanol–water partition coefficient (Wildman–Crippen LogP) is 5.27. The Balaban J connectivity index is 0.000000232. The van der Waals surface area contributed by atoms with Gasteiger partial charge in [0, 0.05) is 31.5 Å². The third-order valence-corrected chi connectivity index (χ3v) is 4.18. The van der Waals surface area contributed by atoms with Crippen molar-refractivity contribution >= 4 is 11.6 Å². The van der Waals surface area contributed by atoms with Crippen LogP contribution in [0, 0.1) is 5.82 Å². The van der Waals surface area contributed by atoms with Crippen molar-refractivity contribution in [3.05, 3.63) is 78.4 Å². The number of anilines is 1. The molecule has 0 aliphatic carbocycles. The molecule has 0 saturated carbocycles. The molecule has 0 atom stereocenters. The van der Waals surface area contributed by atoms with Crippen molar-refractivity contribution in [1.82, 2.24) is 9.88 Å². The second-order valence-corrected chi connectivity index (χ2v) is 6.47. The maximum Gasteiger partial charge on any atom is 0.254 e. The minimum absolute atomic E-state index is 0.0966. The largest absolute Gasteiger partial charge is 0.494 e. The van der Waals surface area contributed by atoms with Gasteiger partial charge in [0.2, 0.25) is 0 Å². The Labute approximate surface area is 177 Å². The lowest BCUT2D eigenvalue weighted by Crippen LogP contribution is -2.23. The van der Waals surface area contributed by atoms with E-state index >= 15 is 0 Å². The maximum atomic E-state index is 12.9. The first-order valence-corrected chi connectivity index (χ1v) is 10.3. The lowest BCUT2D eigenvalue weighted by atomic mass is 10.2. The molecule has 0 bridgehead atoms. The van der Waals surface area contributed by atoms with Crippen LogP contribution in [-0.2, 0) is 0 Å². The molecule has 3 rings (SSSR count). The van der Waals surface area contributed by atoms with Gasteiger partial charge in [-0.3, -0.25) is 4.79 Å². The number of amides is 1. The van der Waals surface area contributed by atoms with Gasteiger partial charge in [-0.25, -0.2) is 4.39 Å². The van der Waals surface area contributed by atoms with Crippen LogP contribution in [0.15, 0.2) is 67.0 Å². The predicted molar refractivity (Wildman–Crippen MR) is 120 cm³/mol. The van der Waals surface area contributed by atoms with Crippen LogP contribution >= 0.6 is 0 Å². The number of hydrogen-bond donors (Lipinski definition) is 2. The van der Waals surface area contributed by atoms with Crippen molar-refractivity contribution in [3.8, 4) is 11.4 Å². The van der Waals surface area contributed by atoms with Gasteiger partial charge in [-0.05, 0) is 56.7 Å². The summed E-state index contributed by atoms with van der Waals surface area (Å²) in [5.41, 5.74) is 2.36. The number of nitrogens with zero attached hydrogens (tertiary/aromatic N) is 1. The first-order valence-electron chi connectivity index (χ1n) is 10.3. The summed E-state index contributed by atoms with van der Waals surface area (Å²) < 4.78 is 20.6. The van der Waals surface area contributed by atoms with Crippen LogP contribution in [0.5, 0.6) is 5.75 Å². The molecule has 3 aromatic rings. The van der Waals surface area contributed by atoms with Crippen molar-refractivity contribution in [2.24, 2.45) is 0 Å². The third kappa shape index (κ3) is 6.65. The van der Waals surface area contributed by atoms with Gasteiger partial charge in [-0.1, -0.05) is 19.1 Å². The highest BCUT2D eigenvalue weighted by Gasteiger charge is 2.08. The molecule has 0 spiro atoms. The highest BCUT2D eigenvalue weighted by Crippen LogP contribution is 2.26. The van der Waals surface area contributed by atoms with E-state index in [2.05, 4.69) is 34.3 Å². The molecule has 0 aliphatic rings. The molecule has 2 N–H and O–H groups in total. The molecule has 160 valence electrons. The average Bonchev–Trinajstić information content (AvgIpc) is 3.28. The highest BCUT2D eigenvalue weighted by molar-refractivity contribution is 5.94. The molecular formula is C24H30FN3O2. The van der Waals surface area contributed by atoms with E-state index in [0.717, 1.165) is 30.1 Å². The zero-order valence-electron chi connectivity index (χ0n) is 17.8. The third-order valence-electron chi connectivity index (χ3n) is 4.18. The van der Waals surface area contributed by atoms with Crippen molar-refractivity contribution in [2.45, 2.75) is 27.2 Å². The number of carbonyl (C=O) groups is 1. The van der Waals surface area contributed by atoms with Crippen molar-refractivity contribution in [1.29, 1.82) is 0 Å². The molecule has 0 fully saturated rings. The summed E-state index contributed by atoms with van der Waals surface area (Å²) >= 11 is 0. The van der Waals surface area contributed by atoms with Crippen LogP contribution in [0.1, 0.15) is 37.6 Å². The van der Waals surface area contributed by atoms with E-state index in [1.54, 1.807) is 19.1 Å². The van der Waals surface area contributed by atoms with Crippen LogP contribution in [0.4, 0.5) is 10.1 Å². The molecule has 0 radical (unpaired) electrons. The fourth-order valence-electron chi connectivity index (χ4n) is 2.79. The zero-order chi connectivity index (χ0) is 21.8. The summed E-state index contributed by atoms with van der Waals surface area (Å²) in [6.07, 6.45) is 5.20. The second-order valence-electron chi connectivity index (χ2n) is 6.47. The maximum absolute atomic E-state index is 12.9. The van der Waals surface area contributed by atoms with E-state index in [1.807, 2.05) is 37.5 Å². The zero-order valence-corrected chi connectivity index (χ0v) is 17.8. The molecule has 0 saturated heterocycles. The average molecular weight is 412 g/mol. The topological polar surface area (TPSA) is 55.3 Å². The molecule has 0 aliphatic heterocycles. The molecule has 1 amide bonds. The Kier molecular flexibility index (Phi) is 9.45. The van der Waals surface area contributed by atoms with Gasteiger partial charge in [-0.15, -0.1) is 0 Å². The molecule has 1 aromatic heterocycles. The van der Waals surface area contributed by atoms with Crippen LogP contribution < -0.4 is 15.4 Å². The molecule has 2 aromatic carbocycles. The van der Waals surface area contributed by atoms with E-state index < -0.39 is 5.82 Å². The molecule has 6 heteroatoms. The smallest absolute Gasteiger partial charge is 0.254 e. The number of carbonyl (C=O) groups excluding carboxylic acids is 1. The Morgan fingerprint density at radius 3 is 2.40 bits per heavy atom. The van der Waals surface area contributed by atoms with Gasteiger partial charge in [-0.2, -0.15) is 0 Å². The van der Waals surface area contributed by atoms with E-state index in [4.69, 9.17) is 4.74 Å². The van der Waals surface area contributed by atoms with Gasteiger partial charge in [0.15, 0.2) is 0 Å². The van der Waals surface area contributed by atoms with Gasteiger partial charge in [0.25, 0.3) is 5.91 Å². The number of halogens is 1. The van der Waals surface area contributed by atoms with Crippen molar-refractivity contribution < 1.29 is 13.9 Å². The Morgan fingerprint density at radius 1 is 1.03 bits per heavy atom. The van der Waals surface area contributed by atoms with Gasteiger partial charge < -0.3 is 19.9 Å². The lowest BCUT2D eigenvalue weighted by molar-refractivity contribution is 0.0952. The lowest BCUT2D eigenvalue weighted by Gasteiger charge is -2.14. The Hall–Kier alpha value is -3.28. The molecule has 0 unspecified atom stereocenters. The van der Waals surface area contributed by atoms with Crippen LogP contribution in [0.2, 0.25) is 0 Å². The van der Waals surface area contributed by atoms with Gasteiger partial charge in [0.1, 0.15) is 11.6 Å². The first-order chi connectivity index (χ1) is 14.6. The summed E-state index contributed by atoms with van der Waals surface area (Å²) in [6, 6.07) is 16.1. The number of aromatic nitrogens is 1. The fraction of sp³-hybridized carbons (Fsp3) is 0.292. The number of nitrogens with one attached hydrogen (secondary N) is 2. The molecule has 30 heavy (non-hydrogen) atoms. The summed E-state index contributed by atoms with van der Waals surface area (Å²) in [5.74, 6) is 0.0612. The van der Waals surface area contributed by atoms with E-state index in [-0.39, 0.29) is 11.5 Å². The fourth-order valence-corrected chi connectivity index (χ4v) is 2.79. The first kappa shape index (κ1) is 23.0. The monoisotopic (exact) mass is 411 g/mol. The number of rotatable bonds is 8. The number of benzene rings is 2. The summed E-state index contributed by atoms with van der Waals surface area (Å²) in [5, 5.41) is 5.97. The summed E-state index contributed by atoms with van der Waals surface area (Å²) in [6.45, 7) is 8.11. The normalized spacial score (nSPS) is 10.0. The van der Waals surface area contributed by atoms with E-state index in [1.165, 1.54) is 12.1 Å². The van der Waals surface area contributed by atoms with Crippen molar-refractivity contribution in [2.75, 3.05) is 25.0 Å². The summed E-state index contributed by atoms with van der Waals surface area (Å²) in [7, 11) is 0. The van der Waals surface area contributed by atoms with Crippen LogP contribution in [-0.4, -0.2) is 30.2 Å². The van der Waals surface area contributed by atoms with Crippen molar-refractivity contribution in [3.63, 3.8) is 0 Å². The standard InChI is InChI=1S/C15H20N2O.C9H10FNO/c1-3-9-16-14-12-13(18-4-2)7-8-15(14)17-10-5-6-11-17;1-2-11-9(12)7-5-3-4-6-8(7)10/h5-8,10-12,16H,3-4,9H2,1-2H3;3-6H,2H2,1H3,(H,11,12). The Morgan fingerprint density at radius 2 is 1.77 bits per heavy atom. The van der Waals surface area contributed by atoms with Gasteiger partial charge in [0.05, 0.1) is 23.5 Å². The molecule has 5 nitrogen and oxygen atoms in total. The minimum Gasteiger partial charge on any atom is -0.494 e. The molecular weight excluding hydrogens is 381 g/mol. The van der Waals surface area contributed by atoms with Crippen LogP contribution in [0.3, 0.4) is 0 Å². The minimum atomic E-state index is -0.483. The Bertz CT molecular complexity index is 911. The summed E-state index contributed by atoms with van der Waals surface area (Å²) in [4.78, 5) is 11.1. The van der Waals surface area contributed by atoms with Gasteiger partial charge >= 0.3 is 0 Å². The second kappa shape index (κ2) is 12.3. The van der Waals surface area contributed by atoms with E-state index in [0.29, 0.717) is 13.2 Å². The molecule has 1 heterocycles. The van der Waals surface area contributed by atoms with Crippen LogP contribution in [0.25, 0.3) is 5.69 Å². The quantitative estimate of drug-likeness (QED) is 0.531. The van der Waals surface area contributed by atoms with E-state index in [9.17, 15) is 9.18 Å². The SMILES string of the molecule is CCCNc1cc(OCC)ccc1-n1cccc1.CCNC(=O)c1ccccc1F. The number of ether oxygens (including phenoxy) is 1. The number of hydrogen-bond acceptors (Lipinski definition) is 3. The highest BCUT2D eigenvalue weighted by atomic mass is 19.1.